The van der Waals surface area contributed by atoms with E-state index in [2.05, 4.69) is 41.4 Å². The molecule has 7 heteroatoms. The van der Waals surface area contributed by atoms with E-state index in [9.17, 15) is 4.79 Å². The lowest BCUT2D eigenvalue weighted by molar-refractivity contribution is -0.133. The van der Waals surface area contributed by atoms with Crippen LogP contribution in [0.1, 0.15) is 34.1 Å². The molecule has 1 saturated heterocycles. The second-order valence-corrected chi connectivity index (χ2v) is 6.64. The average Bonchev–Trinajstić information content (AvgIpc) is 2.93. The topological polar surface area (TPSA) is 60.0 Å². The first-order valence-electron chi connectivity index (χ1n) is 8.31. The molecule has 0 bridgehead atoms. The first-order valence-corrected chi connectivity index (χ1v) is 8.31. The third-order valence-electron chi connectivity index (χ3n) is 4.20. The number of nitrogens with zero attached hydrogens (tertiary/aromatic N) is 3. The Hall–Kier alpha value is -0.570. The lowest BCUT2D eigenvalue weighted by Crippen LogP contribution is -2.47. The van der Waals surface area contributed by atoms with Crippen LogP contribution in [0.5, 0.6) is 0 Å². The molecule has 0 aromatic carbocycles. The van der Waals surface area contributed by atoms with Crippen LogP contribution in [-0.4, -0.2) is 74.0 Å². The number of aliphatic imine (C=N–C) groups is 1. The molecule has 1 atom stereocenters. The van der Waals surface area contributed by atoms with Gasteiger partial charge in [-0.25, -0.2) is 0 Å². The van der Waals surface area contributed by atoms with E-state index in [0.717, 1.165) is 38.6 Å². The highest BCUT2D eigenvalue weighted by molar-refractivity contribution is 14.0. The Balaban J connectivity index is 0.00000484. The molecule has 1 fully saturated rings. The van der Waals surface area contributed by atoms with Gasteiger partial charge in [0.25, 0.3) is 0 Å². The van der Waals surface area contributed by atoms with Crippen molar-refractivity contribution in [1.29, 1.82) is 0 Å². The van der Waals surface area contributed by atoms with E-state index < -0.39 is 0 Å². The summed E-state index contributed by atoms with van der Waals surface area (Å²) < 4.78 is 0. The zero-order valence-corrected chi connectivity index (χ0v) is 17.8. The summed E-state index contributed by atoms with van der Waals surface area (Å²) in [5, 5.41) is 6.76. The number of likely N-dealkylation sites (tertiary alicyclic amines) is 1. The molecule has 1 heterocycles. The molecule has 0 aliphatic carbocycles. The van der Waals surface area contributed by atoms with Gasteiger partial charge in [-0.05, 0) is 27.3 Å². The number of carbonyl (C=O) groups excluding carboxylic acids is 1. The highest BCUT2D eigenvalue weighted by Crippen LogP contribution is 2.12. The highest BCUT2D eigenvalue weighted by atomic mass is 127. The Kier molecular flexibility index (Phi) is 10.8. The van der Waals surface area contributed by atoms with Crippen molar-refractivity contribution in [1.82, 2.24) is 20.4 Å². The van der Waals surface area contributed by atoms with Crippen molar-refractivity contribution >= 4 is 35.8 Å². The number of carbonyl (C=O) groups is 1. The fraction of sp³-hybridized carbons (Fsp3) is 0.875. The predicted octanol–water partition coefficient (Wildman–Crippen LogP) is 1.37. The first kappa shape index (κ1) is 22.4. The molecule has 136 valence electrons. The van der Waals surface area contributed by atoms with Gasteiger partial charge in [-0.3, -0.25) is 9.79 Å². The lowest BCUT2D eigenvalue weighted by atomic mass is 10.2. The van der Waals surface area contributed by atoms with Gasteiger partial charge in [-0.2, -0.15) is 0 Å². The highest BCUT2D eigenvalue weighted by Gasteiger charge is 2.27. The molecule has 0 aromatic rings. The van der Waals surface area contributed by atoms with Crippen LogP contribution in [0, 0.1) is 5.92 Å². The van der Waals surface area contributed by atoms with E-state index in [-0.39, 0.29) is 41.8 Å². The van der Waals surface area contributed by atoms with Crippen LogP contribution in [0.4, 0.5) is 0 Å². The molecule has 0 radical (unpaired) electrons. The van der Waals surface area contributed by atoms with Gasteiger partial charge < -0.3 is 20.4 Å². The summed E-state index contributed by atoms with van der Waals surface area (Å²) in [5.74, 6) is 1.13. The van der Waals surface area contributed by atoms with E-state index in [1.54, 1.807) is 7.05 Å². The van der Waals surface area contributed by atoms with E-state index in [1.807, 2.05) is 18.7 Å². The van der Waals surface area contributed by atoms with Gasteiger partial charge in [-0.1, -0.05) is 13.8 Å². The predicted molar refractivity (Wildman–Crippen MR) is 108 cm³/mol. The molecule has 1 aliphatic heterocycles. The summed E-state index contributed by atoms with van der Waals surface area (Å²) in [6.45, 7) is 11.7. The minimum atomic E-state index is 0. The van der Waals surface area contributed by atoms with Gasteiger partial charge in [0.1, 0.15) is 0 Å². The van der Waals surface area contributed by atoms with E-state index in [4.69, 9.17) is 0 Å². The van der Waals surface area contributed by atoms with Crippen LogP contribution < -0.4 is 10.6 Å². The van der Waals surface area contributed by atoms with Crippen LogP contribution in [0.2, 0.25) is 0 Å². The molecule has 1 rings (SSSR count). The quantitative estimate of drug-likeness (QED) is 0.373. The van der Waals surface area contributed by atoms with Crippen LogP contribution in [0.3, 0.4) is 0 Å². The Labute approximate surface area is 158 Å². The number of likely N-dealkylation sites (N-methyl/N-ethyl adjacent to an activating group) is 1. The third-order valence-corrected chi connectivity index (χ3v) is 4.20. The number of nitrogens with one attached hydrogen (secondary N) is 2. The minimum absolute atomic E-state index is 0. The molecule has 0 spiro atoms. The zero-order valence-electron chi connectivity index (χ0n) is 15.4. The Morgan fingerprint density at radius 2 is 2.00 bits per heavy atom. The Bertz CT molecular complexity index is 387. The van der Waals surface area contributed by atoms with Crippen LogP contribution >= 0.6 is 24.0 Å². The van der Waals surface area contributed by atoms with Gasteiger partial charge >= 0.3 is 0 Å². The van der Waals surface area contributed by atoms with E-state index >= 15 is 0 Å². The fourth-order valence-electron chi connectivity index (χ4n) is 2.44. The maximum absolute atomic E-state index is 12.0. The molecule has 1 unspecified atom stereocenters. The molecule has 6 nitrogen and oxygen atoms in total. The smallest absolute Gasteiger partial charge is 0.225 e. The molecular formula is C16H34IN5O. The molecule has 1 amide bonds. The number of amides is 1. The summed E-state index contributed by atoms with van der Waals surface area (Å²) in [7, 11) is 3.91. The van der Waals surface area contributed by atoms with Gasteiger partial charge in [0, 0.05) is 51.2 Å². The monoisotopic (exact) mass is 439 g/mol. The second-order valence-electron chi connectivity index (χ2n) is 6.64. The van der Waals surface area contributed by atoms with Crippen molar-refractivity contribution in [2.45, 2.75) is 46.2 Å². The maximum atomic E-state index is 12.0. The third kappa shape index (κ3) is 7.69. The van der Waals surface area contributed by atoms with E-state index in [1.165, 1.54) is 0 Å². The lowest BCUT2D eigenvalue weighted by Gasteiger charge is -2.23. The van der Waals surface area contributed by atoms with Gasteiger partial charge in [0.2, 0.25) is 5.91 Å². The second kappa shape index (κ2) is 11.1. The van der Waals surface area contributed by atoms with Gasteiger partial charge in [0.05, 0.1) is 0 Å². The summed E-state index contributed by atoms with van der Waals surface area (Å²) in [6.07, 6.45) is 0.977. The van der Waals surface area contributed by atoms with Crippen molar-refractivity contribution in [2.75, 3.05) is 40.3 Å². The molecule has 1 aliphatic rings. The largest absolute Gasteiger partial charge is 0.355 e. The van der Waals surface area contributed by atoms with Gasteiger partial charge in [0.15, 0.2) is 5.96 Å². The maximum Gasteiger partial charge on any atom is 0.225 e. The average molecular weight is 439 g/mol. The van der Waals surface area contributed by atoms with E-state index in [0.29, 0.717) is 6.04 Å². The standard InChI is InChI=1S/C16H33N5O.HI/c1-12(2)15(22)21-9-7-14(11-21)19-16(17-5)18-8-10-20(6)13(3)4;/h12-14H,7-11H2,1-6H3,(H2,17,18,19);1H. The van der Waals surface area contributed by atoms with Crippen molar-refractivity contribution in [3.8, 4) is 0 Å². The van der Waals surface area contributed by atoms with Crippen LogP contribution in [0.15, 0.2) is 4.99 Å². The van der Waals surface area contributed by atoms with Crippen molar-refractivity contribution in [3.05, 3.63) is 0 Å². The van der Waals surface area contributed by atoms with Crippen molar-refractivity contribution in [2.24, 2.45) is 10.9 Å². The summed E-state index contributed by atoms with van der Waals surface area (Å²) in [4.78, 5) is 20.5. The Morgan fingerprint density at radius 1 is 1.35 bits per heavy atom. The number of halogens is 1. The summed E-state index contributed by atoms with van der Waals surface area (Å²) in [6, 6.07) is 0.832. The fourth-order valence-corrected chi connectivity index (χ4v) is 2.44. The van der Waals surface area contributed by atoms with Crippen molar-refractivity contribution < 1.29 is 4.79 Å². The Morgan fingerprint density at radius 3 is 2.52 bits per heavy atom. The SMILES string of the molecule is CN=C(NCCN(C)C(C)C)NC1CCN(C(=O)C(C)C)C1.I. The summed E-state index contributed by atoms with van der Waals surface area (Å²) in [5.41, 5.74) is 0. The van der Waals surface area contributed by atoms with Crippen LogP contribution in [0.25, 0.3) is 0 Å². The minimum Gasteiger partial charge on any atom is -0.355 e. The normalized spacial score (nSPS) is 18.6. The van der Waals surface area contributed by atoms with Crippen LogP contribution in [-0.2, 0) is 4.79 Å². The molecular weight excluding hydrogens is 405 g/mol. The summed E-state index contributed by atoms with van der Waals surface area (Å²) >= 11 is 0. The number of hydrogen-bond donors (Lipinski definition) is 2. The molecule has 2 N–H and O–H groups in total. The molecule has 23 heavy (non-hydrogen) atoms. The number of rotatable bonds is 6. The first-order chi connectivity index (χ1) is 10.3. The number of guanidine groups is 1. The zero-order chi connectivity index (χ0) is 16.7. The number of hydrogen-bond acceptors (Lipinski definition) is 3. The molecule has 0 aromatic heterocycles. The molecule has 0 saturated carbocycles. The van der Waals surface area contributed by atoms with Gasteiger partial charge in [-0.15, -0.1) is 24.0 Å². The van der Waals surface area contributed by atoms with Crippen molar-refractivity contribution in [3.63, 3.8) is 0 Å².